The number of rotatable bonds is 3. The van der Waals surface area contributed by atoms with Crippen LogP contribution in [0.15, 0.2) is 60.7 Å². The Morgan fingerprint density at radius 1 is 1.00 bits per heavy atom. The zero-order valence-electron chi connectivity index (χ0n) is 14.8. The summed E-state index contributed by atoms with van der Waals surface area (Å²) in [5.41, 5.74) is 3.15. The zero-order valence-corrected chi connectivity index (χ0v) is 14.8. The SMILES string of the molecule is N#Cc1cccc(C(=O)N2CCN(c3cc(-c4ccccc4)[nH]n3)CC2)c1. The van der Waals surface area contributed by atoms with Gasteiger partial charge in [0.15, 0.2) is 5.82 Å². The van der Waals surface area contributed by atoms with Gasteiger partial charge < -0.3 is 9.80 Å². The van der Waals surface area contributed by atoms with Crippen LogP contribution in [0.2, 0.25) is 0 Å². The molecule has 3 aromatic rings. The number of carbonyl (C=O) groups is 1. The van der Waals surface area contributed by atoms with Gasteiger partial charge in [-0.1, -0.05) is 36.4 Å². The van der Waals surface area contributed by atoms with Crippen molar-refractivity contribution < 1.29 is 4.79 Å². The largest absolute Gasteiger partial charge is 0.352 e. The van der Waals surface area contributed by atoms with E-state index in [2.05, 4.69) is 21.2 Å². The summed E-state index contributed by atoms with van der Waals surface area (Å²) in [5, 5.41) is 16.5. The molecule has 27 heavy (non-hydrogen) atoms. The van der Waals surface area contributed by atoms with Crippen molar-refractivity contribution >= 4 is 11.7 Å². The third-order valence-corrected chi connectivity index (χ3v) is 4.78. The molecule has 1 fully saturated rings. The van der Waals surface area contributed by atoms with E-state index in [1.54, 1.807) is 24.3 Å². The van der Waals surface area contributed by atoms with E-state index >= 15 is 0 Å². The molecule has 1 saturated heterocycles. The molecule has 6 nitrogen and oxygen atoms in total. The van der Waals surface area contributed by atoms with Gasteiger partial charge in [0.2, 0.25) is 0 Å². The summed E-state index contributed by atoms with van der Waals surface area (Å²) in [6, 6.07) is 21.1. The lowest BCUT2D eigenvalue weighted by Crippen LogP contribution is -2.49. The second-order valence-electron chi connectivity index (χ2n) is 6.48. The van der Waals surface area contributed by atoms with Crippen molar-refractivity contribution in [2.45, 2.75) is 0 Å². The maximum Gasteiger partial charge on any atom is 0.254 e. The van der Waals surface area contributed by atoms with E-state index in [0.29, 0.717) is 24.2 Å². The zero-order chi connectivity index (χ0) is 18.6. The fourth-order valence-electron chi connectivity index (χ4n) is 3.28. The Bertz CT molecular complexity index is 981. The van der Waals surface area contributed by atoms with Crippen LogP contribution in [0.5, 0.6) is 0 Å². The average molecular weight is 357 g/mol. The average Bonchev–Trinajstić information content (AvgIpc) is 3.24. The number of nitrogens with zero attached hydrogens (tertiary/aromatic N) is 4. The standard InChI is InChI=1S/C21H19N5O/c22-15-16-5-4-8-18(13-16)21(27)26-11-9-25(10-12-26)20-14-19(23-24-20)17-6-2-1-3-7-17/h1-8,13-14H,9-12H2,(H,23,24). The highest BCUT2D eigenvalue weighted by Gasteiger charge is 2.23. The number of hydrogen-bond acceptors (Lipinski definition) is 4. The molecule has 1 aliphatic heterocycles. The van der Waals surface area contributed by atoms with Gasteiger partial charge >= 0.3 is 0 Å². The van der Waals surface area contributed by atoms with E-state index < -0.39 is 0 Å². The maximum atomic E-state index is 12.7. The highest BCUT2D eigenvalue weighted by atomic mass is 16.2. The van der Waals surface area contributed by atoms with Gasteiger partial charge in [0.25, 0.3) is 5.91 Å². The number of aromatic nitrogens is 2. The van der Waals surface area contributed by atoms with Crippen molar-refractivity contribution in [1.29, 1.82) is 5.26 Å². The van der Waals surface area contributed by atoms with Crippen molar-refractivity contribution in [3.63, 3.8) is 0 Å². The Kier molecular flexibility index (Phi) is 4.58. The number of nitrogens with one attached hydrogen (secondary N) is 1. The molecular weight excluding hydrogens is 338 g/mol. The number of anilines is 1. The van der Waals surface area contributed by atoms with Crippen molar-refractivity contribution in [3.8, 4) is 17.3 Å². The smallest absolute Gasteiger partial charge is 0.254 e. The number of aromatic amines is 1. The van der Waals surface area contributed by atoms with Crippen molar-refractivity contribution in [1.82, 2.24) is 15.1 Å². The number of H-pyrrole nitrogens is 1. The number of piperazine rings is 1. The molecule has 0 bridgehead atoms. The molecule has 4 rings (SSSR count). The highest BCUT2D eigenvalue weighted by Crippen LogP contribution is 2.22. The molecule has 6 heteroatoms. The van der Waals surface area contributed by atoms with E-state index in [9.17, 15) is 4.79 Å². The Morgan fingerprint density at radius 2 is 1.78 bits per heavy atom. The molecule has 1 N–H and O–H groups in total. The van der Waals surface area contributed by atoms with Gasteiger partial charge in [-0.05, 0) is 23.8 Å². The first-order chi connectivity index (χ1) is 13.2. The van der Waals surface area contributed by atoms with Gasteiger partial charge in [0, 0.05) is 37.8 Å². The molecule has 0 radical (unpaired) electrons. The number of carbonyl (C=O) groups excluding carboxylic acids is 1. The lowest BCUT2D eigenvalue weighted by molar-refractivity contribution is 0.0746. The molecule has 134 valence electrons. The fourth-order valence-corrected chi connectivity index (χ4v) is 3.28. The first kappa shape index (κ1) is 16.9. The van der Waals surface area contributed by atoms with Crippen LogP contribution in [0.1, 0.15) is 15.9 Å². The molecule has 0 atom stereocenters. The van der Waals surface area contributed by atoms with Crippen LogP contribution >= 0.6 is 0 Å². The van der Waals surface area contributed by atoms with Gasteiger partial charge in [0.05, 0.1) is 17.3 Å². The second kappa shape index (κ2) is 7.34. The number of hydrogen-bond donors (Lipinski definition) is 1. The van der Waals surface area contributed by atoms with Crippen LogP contribution in [0.25, 0.3) is 11.3 Å². The second-order valence-corrected chi connectivity index (χ2v) is 6.48. The molecule has 0 spiro atoms. The monoisotopic (exact) mass is 357 g/mol. The van der Waals surface area contributed by atoms with E-state index in [-0.39, 0.29) is 5.91 Å². The maximum absolute atomic E-state index is 12.7. The quantitative estimate of drug-likeness (QED) is 0.782. The van der Waals surface area contributed by atoms with Gasteiger partial charge in [0.1, 0.15) is 0 Å². The number of nitriles is 1. The van der Waals surface area contributed by atoms with Crippen molar-refractivity contribution in [2.75, 3.05) is 31.1 Å². The van der Waals surface area contributed by atoms with Gasteiger partial charge in [-0.3, -0.25) is 9.89 Å². The summed E-state index contributed by atoms with van der Waals surface area (Å²) in [7, 11) is 0. The highest BCUT2D eigenvalue weighted by molar-refractivity contribution is 5.94. The summed E-state index contributed by atoms with van der Waals surface area (Å²) in [4.78, 5) is 16.7. The summed E-state index contributed by atoms with van der Waals surface area (Å²) >= 11 is 0. The third kappa shape index (κ3) is 3.53. The Labute approximate surface area is 157 Å². The van der Waals surface area contributed by atoms with Gasteiger partial charge in [-0.15, -0.1) is 0 Å². The Balaban J connectivity index is 1.41. The minimum atomic E-state index is -0.0289. The third-order valence-electron chi connectivity index (χ3n) is 4.78. The fraction of sp³-hybridized carbons (Fsp3) is 0.190. The van der Waals surface area contributed by atoms with E-state index in [4.69, 9.17) is 5.26 Å². The molecule has 0 aliphatic carbocycles. The van der Waals surface area contributed by atoms with Crippen LogP contribution in [0.3, 0.4) is 0 Å². The van der Waals surface area contributed by atoms with Gasteiger partial charge in [-0.2, -0.15) is 10.4 Å². The van der Waals surface area contributed by atoms with Crippen LogP contribution in [0.4, 0.5) is 5.82 Å². The summed E-state index contributed by atoms with van der Waals surface area (Å²) in [6.07, 6.45) is 0. The minimum Gasteiger partial charge on any atom is -0.352 e. The topological polar surface area (TPSA) is 76.0 Å². The Morgan fingerprint density at radius 3 is 2.52 bits per heavy atom. The van der Waals surface area contributed by atoms with Crippen LogP contribution in [-0.4, -0.2) is 47.2 Å². The molecule has 1 aliphatic rings. The predicted octanol–water partition coefficient (Wildman–Crippen LogP) is 2.91. The lowest BCUT2D eigenvalue weighted by Gasteiger charge is -2.34. The van der Waals surface area contributed by atoms with Crippen LogP contribution < -0.4 is 4.90 Å². The number of amides is 1. The molecule has 0 unspecified atom stereocenters. The number of benzene rings is 2. The first-order valence-electron chi connectivity index (χ1n) is 8.90. The van der Waals surface area contributed by atoms with Crippen LogP contribution in [0, 0.1) is 11.3 Å². The first-order valence-corrected chi connectivity index (χ1v) is 8.90. The van der Waals surface area contributed by atoms with E-state index in [1.165, 1.54) is 0 Å². The summed E-state index contributed by atoms with van der Waals surface area (Å²) in [5.74, 6) is 0.867. The van der Waals surface area contributed by atoms with E-state index in [1.807, 2.05) is 41.3 Å². The Hall–Kier alpha value is -3.59. The molecule has 1 aromatic heterocycles. The molecule has 1 amide bonds. The minimum absolute atomic E-state index is 0.0289. The normalized spacial score (nSPS) is 14.0. The molecule has 2 aromatic carbocycles. The van der Waals surface area contributed by atoms with Crippen molar-refractivity contribution in [2.24, 2.45) is 0 Å². The molecule has 2 heterocycles. The van der Waals surface area contributed by atoms with Crippen molar-refractivity contribution in [3.05, 3.63) is 71.8 Å². The predicted molar refractivity (Wildman–Crippen MR) is 103 cm³/mol. The summed E-state index contributed by atoms with van der Waals surface area (Å²) in [6.45, 7) is 2.71. The van der Waals surface area contributed by atoms with E-state index in [0.717, 1.165) is 30.2 Å². The summed E-state index contributed by atoms with van der Waals surface area (Å²) < 4.78 is 0. The van der Waals surface area contributed by atoms with Gasteiger partial charge in [-0.25, -0.2) is 0 Å². The molecule has 0 saturated carbocycles. The lowest BCUT2D eigenvalue weighted by atomic mass is 10.1. The van der Waals surface area contributed by atoms with Crippen LogP contribution in [-0.2, 0) is 0 Å². The molecular formula is C21H19N5O.